The highest BCUT2D eigenvalue weighted by Gasteiger charge is 2.28. The summed E-state index contributed by atoms with van der Waals surface area (Å²) < 4.78 is 1.17. The van der Waals surface area contributed by atoms with Gasteiger partial charge in [-0.2, -0.15) is 0 Å². The number of thiophene rings is 1. The summed E-state index contributed by atoms with van der Waals surface area (Å²) in [4.78, 5) is 17.0. The lowest BCUT2D eigenvalue weighted by Crippen LogP contribution is -2.20. The van der Waals surface area contributed by atoms with Crippen LogP contribution in [0.15, 0.2) is 29.6 Å². The van der Waals surface area contributed by atoms with Crippen molar-refractivity contribution in [3.05, 3.63) is 35.2 Å². The molecule has 4 nitrogen and oxygen atoms in total. The number of carbonyl (C=O) groups excluding carboxylic acids is 1. The average Bonchev–Trinajstić information content (AvgIpc) is 3.30. The van der Waals surface area contributed by atoms with Gasteiger partial charge in [0.05, 0.1) is 15.8 Å². The van der Waals surface area contributed by atoms with Crippen LogP contribution in [0.1, 0.15) is 30.1 Å². The molecule has 0 saturated heterocycles. The second-order valence-electron chi connectivity index (χ2n) is 6.18. The topological polar surface area (TPSA) is 54.0 Å². The highest BCUT2D eigenvalue weighted by atomic mass is 32.1. The highest BCUT2D eigenvalue weighted by molar-refractivity contribution is 7.18. The van der Waals surface area contributed by atoms with E-state index in [0.29, 0.717) is 11.6 Å². The molecule has 4 rings (SSSR count). The van der Waals surface area contributed by atoms with Gasteiger partial charge >= 0.3 is 0 Å². The van der Waals surface area contributed by atoms with Crippen molar-refractivity contribution in [2.45, 2.75) is 25.8 Å². The first kappa shape index (κ1) is 14.5. The number of nitrogens with zero attached hydrogens (tertiary/aromatic N) is 1. The van der Waals surface area contributed by atoms with E-state index in [9.17, 15) is 4.79 Å². The number of hydrogen-bond donors (Lipinski definition) is 2. The molecule has 2 aromatic heterocycles. The number of carbonyl (C=O) groups is 1. The molecule has 0 radical (unpaired) electrons. The maximum atomic E-state index is 12.2. The molecular weight excluding hydrogens is 306 g/mol. The summed E-state index contributed by atoms with van der Waals surface area (Å²) in [5.74, 6) is 1.55. The molecule has 1 atom stereocenters. The fraction of sp³-hybridized carbons (Fsp3) is 0.333. The summed E-state index contributed by atoms with van der Waals surface area (Å²) in [6, 6.07) is 8.33. The van der Waals surface area contributed by atoms with E-state index in [1.165, 1.54) is 17.5 Å². The minimum absolute atomic E-state index is 0.0983. The Morgan fingerprint density at radius 1 is 1.30 bits per heavy atom. The van der Waals surface area contributed by atoms with Crippen LogP contribution in [0.25, 0.3) is 21.0 Å². The molecule has 23 heavy (non-hydrogen) atoms. The van der Waals surface area contributed by atoms with Crippen molar-refractivity contribution >= 4 is 44.1 Å². The Morgan fingerprint density at radius 2 is 2.13 bits per heavy atom. The first-order valence-corrected chi connectivity index (χ1v) is 8.85. The van der Waals surface area contributed by atoms with E-state index in [4.69, 9.17) is 4.98 Å². The van der Waals surface area contributed by atoms with Gasteiger partial charge in [0.15, 0.2) is 0 Å². The number of fused-ring (bicyclic) bond motifs is 3. The first-order valence-electron chi connectivity index (χ1n) is 7.97. The van der Waals surface area contributed by atoms with E-state index in [-0.39, 0.29) is 5.91 Å². The third-order valence-corrected chi connectivity index (χ3v) is 5.52. The molecule has 0 bridgehead atoms. The van der Waals surface area contributed by atoms with Gasteiger partial charge in [0.2, 0.25) is 0 Å². The highest BCUT2D eigenvalue weighted by Crippen LogP contribution is 2.38. The number of rotatable bonds is 4. The molecule has 2 N–H and O–H groups in total. The molecule has 1 amide bonds. The van der Waals surface area contributed by atoms with Crippen LogP contribution in [-0.2, 0) is 0 Å². The number of benzene rings is 1. The second-order valence-corrected chi connectivity index (χ2v) is 7.09. The standard InChI is InChI=1S/C18H19N3OS/c1-10(11-6-7-11)20-17-16-13(8-9-23-16)12-4-3-5-14(15(12)21-17)18(22)19-2/h3-5,8-11H,6-7H2,1-2H3,(H,19,22)(H,20,21). The summed E-state index contributed by atoms with van der Waals surface area (Å²) >= 11 is 1.70. The van der Waals surface area contributed by atoms with Gasteiger partial charge < -0.3 is 10.6 Å². The van der Waals surface area contributed by atoms with Gasteiger partial charge in [0.25, 0.3) is 5.91 Å². The van der Waals surface area contributed by atoms with Crippen molar-refractivity contribution in [3.63, 3.8) is 0 Å². The number of aromatic nitrogens is 1. The molecule has 5 heteroatoms. The smallest absolute Gasteiger partial charge is 0.253 e. The lowest BCUT2D eigenvalue weighted by molar-refractivity contribution is 0.0964. The van der Waals surface area contributed by atoms with E-state index in [2.05, 4.69) is 29.0 Å². The lowest BCUT2D eigenvalue weighted by atomic mass is 10.1. The molecule has 1 unspecified atom stereocenters. The van der Waals surface area contributed by atoms with E-state index >= 15 is 0 Å². The van der Waals surface area contributed by atoms with Crippen LogP contribution in [0.3, 0.4) is 0 Å². The summed E-state index contributed by atoms with van der Waals surface area (Å²) in [6.07, 6.45) is 2.58. The summed E-state index contributed by atoms with van der Waals surface area (Å²) in [5.41, 5.74) is 1.39. The largest absolute Gasteiger partial charge is 0.366 e. The molecule has 118 valence electrons. The predicted molar refractivity (Wildman–Crippen MR) is 96.3 cm³/mol. The molecule has 1 aromatic carbocycles. The Labute approximate surface area is 138 Å². The number of pyridine rings is 1. The van der Waals surface area contributed by atoms with Gasteiger partial charge in [-0.1, -0.05) is 12.1 Å². The first-order chi connectivity index (χ1) is 11.2. The molecule has 1 aliphatic carbocycles. The Balaban J connectivity index is 1.93. The Morgan fingerprint density at radius 3 is 2.87 bits per heavy atom. The van der Waals surface area contributed by atoms with Gasteiger partial charge in [0.1, 0.15) is 5.82 Å². The van der Waals surface area contributed by atoms with Gasteiger partial charge in [-0.15, -0.1) is 11.3 Å². The monoisotopic (exact) mass is 325 g/mol. The molecule has 1 fully saturated rings. The Kier molecular flexibility index (Phi) is 3.45. The fourth-order valence-corrected chi connectivity index (χ4v) is 3.96. The van der Waals surface area contributed by atoms with Crippen molar-refractivity contribution in [3.8, 4) is 0 Å². The fourth-order valence-electron chi connectivity index (χ4n) is 3.09. The molecule has 1 aliphatic rings. The zero-order chi connectivity index (χ0) is 16.0. The number of nitrogens with one attached hydrogen (secondary N) is 2. The zero-order valence-corrected chi connectivity index (χ0v) is 14.0. The number of anilines is 1. The van der Waals surface area contributed by atoms with E-state index < -0.39 is 0 Å². The van der Waals surface area contributed by atoms with Crippen LogP contribution < -0.4 is 10.6 Å². The van der Waals surface area contributed by atoms with Gasteiger partial charge in [-0.25, -0.2) is 4.98 Å². The van der Waals surface area contributed by atoms with Crippen molar-refractivity contribution < 1.29 is 4.79 Å². The van der Waals surface area contributed by atoms with Gasteiger partial charge in [0, 0.05) is 23.9 Å². The van der Waals surface area contributed by atoms with Crippen LogP contribution in [0.4, 0.5) is 5.82 Å². The van der Waals surface area contributed by atoms with Crippen LogP contribution in [0.2, 0.25) is 0 Å². The third-order valence-electron chi connectivity index (χ3n) is 4.60. The quantitative estimate of drug-likeness (QED) is 0.762. The molecule has 1 saturated carbocycles. The molecule has 0 spiro atoms. The predicted octanol–water partition coefficient (Wildman–Crippen LogP) is 4.02. The summed E-state index contributed by atoms with van der Waals surface area (Å²) in [6.45, 7) is 2.22. The van der Waals surface area contributed by atoms with Crippen molar-refractivity contribution in [1.29, 1.82) is 0 Å². The molecule has 3 aromatic rings. The van der Waals surface area contributed by atoms with E-state index in [1.54, 1.807) is 18.4 Å². The Hall–Kier alpha value is -2.14. The number of amides is 1. The number of para-hydroxylation sites is 1. The minimum Gasteiger partial charge on any atom is -0.366 e. The number of hydrogen-bond acceptors (Lipinski definition) is 4. The normalized spacial score (nSPS) is 15.7. The lowest BCUT2D eigenvalue weighted by Gasteiger charge is -2.16. The van der Waals surface area contributed by atoms with Crippen molar-refractivity contribution in [2.75, 3.05) is 12.4 Å². The van der Waals surface area contributed by atoms with Crippen molar-refractivity contribution in [2.24, 2.45) is 5.92 Å². The molecule has 2 heterocycles. The Bertz CT molecular complexity index is 898. The van der Waals surface area contributed by atoms with Crippen LogP contribution in [0.5, 0.6) is 0 Å². The van der Waals surface area contributed by atoms with Crippen LogP contribution >= 0.6 is 11.3 Å². The van der Waals surface area contributed by atoms with Crippen molar-refractivity contribution in [1.82, 2.24) is 10.3 Å². The summed E-state index contributed by atoms with van der Waals surface area (Å²) in [5, 5.41) is 10.6. The maximum absolute atomic E-state index is 12.2. The van der Waals surface area contributed by atoms with E-state index in [1.807, 2.05) is 18.2 Å². The second kappa shape index (κ2) is 5.49. The van der Waals surface area contributed by atoms with Gasteiger partial charge in [-0.3, -0.25) is 4.79 Å². The zero-order valence-electron chi connectivity index (χ0n) is 13.2. The van der Waals surface area contributed by atoms with Gasteiger partial charge in [-0.05, 0) is 43.2 Å². The molecular formula is C18H19N3OS. The minimum atomic E-state index is -0.0983. The third kappa shape index (κ3) is 2.45. The summed E-state index contributed by atoms with van der Waals surface area (Å²) in [7, 11) is 1.65. The van der Waals surface area contributed by atoms with Crippen LogP contribution in [0, 0.1) is 5.92 Å². The van der Waals surface area contributed by atoms with Crippen LogP contribution in [-0.4, -0.2) is 24.0 Å². The SMILES string of the molecule is CNC(=O)c1cccc2c1nc(NC(C)C1CC1)c1sccc12. The average molecular weight is 325 g/mol. The maximum Gasteiger partial charge on any atom is 0.253 e. The molecule has 0 aliphatic heterocycles. The van der Waals surface area contributed by atoms with E-state index in [0.717, 1.165) is 28.0 Å².